The van der Waals surface area contributed by atoms with E-state index in [1.54, 1.807) is 6.92 Å². The third-order valence-corrected chi connectivity index (χ3v) is 3.31. The Balaban J connectivity index is 2.18. The lowest BCUT2D eigenvalue weighted by Crippen LogP contribution is -2.54. The van der Waals surface area contributed by atoms with E-state index in [0.717, 1.165) is 19.3 Å². The van der Waals surface area contributed by atoms with Crippen molar-refractivity contribution in [3.63, 3.8) is 0 Å². The van der Waals surface area contributed by atoms with Gasteiger partial charge in [0.1, 0.15) is 0 Å². The van der Waals surface area contributed by atoms with Crippen LogP contribution in [0.5, 0.6) is 0 Å². The van der Waals surface area contributed by atoms with Crippen LogP contribution in [0.4, 0.5) is 0 Å². The first kappa shape index (κ1) is 11.1. The van der Waals surface area contributed by atoms with E-state index in [1.165, 1.54) is 5.56 Å². The van der Waals surface area contributed by atoms with Crippen molar-refractivity contribution in [2.75, 3.05) is 0 Å². The van der Waals surface area contributed by atoms with Gasteiger partial charge in [-0.15, -0.1) is 0 Å². The lowest BCUT2D eigenvalue weighted by molar-refractivity contribution is -0.125. The molecule has 3 heteroatoms. The van der Waals surface area contributed by atoms with Crippen molar-refractivity contribution in [3.05, 3.63) is 35.9 Å². The highest BCUT2D eigenvalue weighted by Gasteiger charge is 2.40. The Morgan fingerprint density at radius 2 is 2.00 bits per heavy atom. The van der Waals surface area contributed by atoms with E-state index in [1.807, 2.05) is 18.2 Å². The van der Waals surface area contributed by atoms with Gasteiger partial charge in [0.2, 0.25) is 5.91 Å². The number of nitrogens with one attached hydrogen (secondary N) is 1. The predicted octanol–water partition coefficient (Wildman–Crippen LogP) is 1.53. The Hall–Kier alpha value is -1.35. The van der Waals surface area contributed by atoms with Crippen molar-refractivity contribution in [1.82, 2.24) is 5.32 Å². The van der Waals surface area contributed by atoms with E-state index in [9.17, 15) is 4.79 Å². The largest absolute Gasteiger partial charge is 0.345 e. The molecule has 1 aliphatic rings. The van der Waals surface area contributed by atoms with Crippen LogP contribution in [0.25, 0.3) is 0 Å². The normalized spacial score (nSPS) is 19.6. The molecule has 3 N–H and O–H groups in total. The highest BCUT2D eigenvalue weighted by Crippen LogP contribution is 2.41. The molecule has 1 aromatic rings. The summed E-state index contributed by atoms with van der Waals surface area (Å²) in [6.07, 6.45) is 3.18. The van der Waals surface area contributed by atoms with E-state index in [2.05, 4.69) is 17.4 Å². The lowest BCUT2D eigenvalue weighted by Gasteiger charge is -2.43. The molecule has 0 unspecified atom stereocenters. The highest BCUT2D eigenvalue weighted by atomic mass is 16.2. The van der Waals surface area contributed by atoms with Gasteiger partial charge in [-0.05, 0) is 31.7 Å². The minimum Gasteiger partial charge on any atom is -0.345 e. The van der Waals surface area contributed by atoms with Crippen molar-refractivity contribution in [1.29, 1.82) is 0 Å². The molecule has 1 fully saturated rings. The summed E-state index contributed by atoms with van der Waals surface area (Å²) in [5.41, 5.74) is 6.62. The number of benzene rings is 1. The minimum atomic E-state index is -0.443. The van der Waals surface area contributed by atoms with Crippen LogP contribution in [-0.4, -0.2) is 11.9 Å². The molecule has 16 heavy (non-hydrogen) atoms. The summed E-state index contributed by atoms with van der Waals surface area (Å²) in [6.45, 7) is 1.71. The predicted molar refractivity (Wildman–Crippen MR) is 63.8 cm³/mol. The van der Waals surface area contributed by atoms with Crippen LogP contribution in [-0.2, 0) is 10.3 Å². The maximum atomic E-state index is 11.7. The van der Waals surface area contributed by atoms with Gasteiger partial charge in [0, 0.05) is 0 Å². The van der Waals surface area contributed by atoms with Gasteiger partial charge in [-0.3, -0.25) is 4.79 Å². The van der Waals surface area contributed by atoms with E-state index in [0.29, 0.717) is 0 Å². The van der Waals surface area contributed by atoms with Gasteiger partial charge in [-0.1, -0.05) is 30.3 Å². The molecule has 0 radical (unpaired) electrons. The third-order valence-electron chi connectivity index (χ3n) is 3.31. The summed E-state index contributed by atoms with van der Waals surface area (Å²) in [4.78, 5) is 11.7. The summed E-state index contributed by atoms with van der Waals surface area (Å²) >= 11 is 0. The van der Waals surface area contributed by atoms with Gasteiger partial charge >= 0.3 is 0 Å². The zero-order valence-corrected chi connectivity index (χ0v) is 9.57. The van der Waals surface area contributed by atoms with Crippen LogP contribution in [0.1, 0.15) is 31.7 Å². The minimum absolute atomic E-state index is 0.0662. The summed E-state index contributed by atoms with van der Waals surface area (Å²) in [5, 5.41) is 3.08. The molecule has 0 heterocycles. The van der Waals surface area contributed by atoms with Crippen LogP contribution in [0, 0.1) is 0 Å². The molecule has 1 amide bonds. The molecule has 1 aromatic carbocycles. The highest BCUT2D eigenvalue weighted by molar-refractivity contribution is 5.82. The van der Waals surface area contributed by atoms with Crippen LogP contribution >= 0.6 is 0 Å². The first-order valence-corrected chi connectivity index (χ1v) is 5.77. The second kappa shape index (κ2) is 4.26. The van der Waals surface area contributed by atoms with Gasteiger partial charge in [0.15, 0.2) is 0 Å². The fourth-order valence-electron chi connectivity index (χ4n) is 2.12. The van der Waals surface area contributed by atoms with Gasteiger partial charge in [-0.25, -0.2) is 0 Å². The Bertz CT molecular complexity index is 369. The molecule has 0 bridgehead atoms. The zero-order valence-electron chi connectivity index (χ0n) is 9.57. The second-order valence-electron chi connectivity index (χ2n) is 4.58. The number of nitrogens with two attached hydrogens (primary N) is 1. The Morgan fingerprint density at radius 3 is 2.44 bits per heavy atom. The maximum Gasteiger partial charge on any atom is 0.237 e. The van der Waals surface area contributed by atoms with Crippen molar-refractivity contribution in [2.24, 2.45) is 5.73 Å². The number of carbonyl (C=O) groups excluding carboxylic acids is 1. The smallest absolute Gasteiger partial charge is 0.237 e. The second-order valence-corrected chi connectivity index (χ2v) is 4.58. The lowest BCUT2D eigenvalue weighted by atomic mass is 9.71. The van der Waals surface area contributed by atoms with Crippen LogP contribution in [0.2, 0.25) is 0 Å². The molecule has 86 valence electrons. The van der Waals surface area contributed by atoms with Gasteiger partial charge < -0.3 is 11.1 Å². The number of rotatable bonds is 3. The molecular weight excluding hydrogens is 200 g/mol. The number of hydrogen-bond donors (Lipinski definition) is 2. The Kier molecular flexibility index (Phi) is 2.97. The molecule has 0 aromatic heterocycles. The number of amides is 1. The summed E-state index contributed by atoms with van der Waals surface area (Å²) in [6, 6.07) is 9.70. The fraction of sp³-hybridized carbons (Fsp3) is 0.462. The van der Waals surface area contributed by atoms with E-state index in [4.69, 9.17) is 5.73 Å². The molecule has 0 aliphatic heterocycles. The maximum absolute atomic E-state index is 11.7. The van der Waals surface area contributed by atoms with Gasteiger partial charge in [-0.2, -0.15) is 0 Å². The van der Waals surface area contributed by atoms with Crippen LogP contribution in [0.15, 0.2) is 30.3 Å². The first-order chi connectivity index (χ1) is 7.64. The van der Waals surface area contributed by atoms with Crippen molar-refractivity contribution >= 4 is 5.91 Å². The van der Waals surface area contributed by atoms with Gasteiger partial charge in [0.05, 0.1) is 11.6 Å². The van der Waals surface area contributed by atoms with E-state index < -0.39 is 6.04 Å². The number of hydrogen-bond acceptors (Lipinski definition) is 2. The van der Waals surface area contributed by atoms with Crippen LogP contribution in [0.3, 0.4) is 0 Å². The molecule has 2 rings (SSSR count). The van der Waals surface area contributed by atoms with Crippen molar-refractivity contribution in [3.8, 4) is 0 Å². The molecular formula is C13H18N2O. The zero-order chi connectivity index (χ0) is 11.6. The summed E-state index contributed by atoms with van der Waals surface area (Å²) in [7, 11) is 0. The van der Waals surface area contributed by atoms with E-state index >= 15 is 0 Å². The standard InChI is InChI=1S/C13H18N2O/c1-10(14)12(16)15-13(8-5-9-13)11-6-3-2-4-7-11/h2-4,6-7,10H,5,8-9,14H2,1H3,(H,15,16)/t10-/m1/s1. The average Bonchev–Trinajstić information content (AvgIpc) is 2.24. The fourth-order valence-corrected chi connectivity index (χ4v) is 2.12. The first-order valence-electron chi connectivity index (χ1n) is 5.77. The topological polar surface area (TPSA) is 55.1 Å². The van der Waals surface area contributed by atoms with Crippen LogP contribution < -0.4 is 11.1 Å². The monoisotopic (exact) mass is 218 g/mol. The molecule has 0 saturated heterocycles. The quantitative estimate of drug-likeness (QED) is 0.808. The molecule has 0 spiro atoms. The molecule has 1 aliphatic carbocycles. The molecule has 3 nitrogen and oxygen atoms in total. The third kappa shape index (κ3) is 1.95. The average molecular weight is 218 g/mol. The summed E-state index contributed by atoms with van der Waals surface area (Å²) < 4.78 is 0. The SMILES string of the molecule is C[C@@H](N)C(=O)NC1(c2ccccc2)CCC1. The Labute approximate surface area is 96.0 Å². The van der Waals surface area contributed by atoms with Gasteiger partial charge in [0.25, 0.3) is 0 Å². The van der Waals surface area contributed by atoms with E-state index in [-0.39, 0.29) is 11.4 Å². The van der Waals surface area contributed by atoms with Crippen molar-refractivity contribution in [2.45, 2.75) is 37.8 Å². The van der Waals surface area contributed by atoms with Crippen molar-refractivity contribution < 1.29 is 4.79 Å². The number of carbonyl (C=O) groups is 1. The Morgan fingerprint density at radius 1 is 1.38 bits per heavy atom. The summed E-state index contributed by atoms with van der Waals surface area (Å²) in [5.74, 6) is -0.0662. The molecule has 1 atom stereocenters. The molecule has 1 saturated carbocycles.